The van der Waals surface area contributed by atoms with Crippen molar-refractivity contribution in [3.63, 3.8) is 0 Å². The van der Waals surface area contributed by atoms with Gasteiger partial charge in [0.1, 0.15) is 23.1 Å². The summed E-state index contributed by atoms with van der Waals surface area (Å²) in [7, 11) is 3.76. The number of aromatic nitrogens is 6. The van der Waals surface area contributed by atoms with Crippen molar-refractivity contribution in [1.82, 2.24) is 45.0 Å². The molecule has 3 aromatic heterocycles. The van der Waals surface area contributed by atoms with E-state index >= 15 is 0 Å². The molecular weight excluding hydrogens is 823 g/mol. The number of hydrogen-bond donors (Lipinski definition) is 5. The van der Waals surface area contributed by atoms with Gasteiger partial charge in [-0.15, -0.1) is 0 Å². The first-order chi connectivity index (χ1) is 28.9. The largest absolute Gasteiger partial charge is 1.00 e. The van der Waals surface area contributed by atoms with Crippen molar-refractivity contribution >= 4 is 41.0 Å². The molecule has 3 amide bonds. The molecule has 1 atom stereocenters. The van der Waals surface area contributed by atoms with Crippen LogP contribution in [-0.2, 0) is 49.6 Å². The van der Waals surface area contributed by atoms with Gasteiger partial charge in [-0.3, -0.25) is 14.4 Å². The molecule has 4 heterocycles. The molecule has 6 rings (SSSR count). The number of piperidine rings is 1. The van der Waals surface area contributed by atoms with Crippen LogP contribution in [0.25, 0.3) is 0 Å². The second-order valence-corrected chi connectivity index (χ2v) is 15.5. The number of nitrogens with zero attached hydrogens (tertiary/aromatic N) is 7. The van der Waals surface area contributed by atoms with Gasteiger partial charge in [0.15, 0.2) is 35.7 Å². The Kier molecular flexibility index (Phi) is 16.7. The maximum Gasteiger partial charge on any atom is 0.274 e. The van der Waals surface area contributed by atoms with E-state index in [0.29, 0.717) is 24.6 Å². The lowest BCUT2D eigenvalue weighted by Crippen LogP contribution is -3.00. The van der Waals surface area contributed by atoms with Crippen LogP contribution in [0.1, 0.15) is 58.9 Å². The minimum atomic E-state index is -0.423. The number of nitrogens with one attached hydrogen (secondary N) is 3. The summed E-state index contributed by atoms with van der Waals surface area (Å²) in [6.45, 7) is 4.08. The maximum absolute atomic E-state index is 13.3. The standard InChI is InChI=1S/C42H53ClN12O5.ClH/c1-53-19-17-46-34(53)24-48-36(56)27-59-32-13-9-29(10-14-32)6-3-21-55(23-5-8-31(26-55)50-42(58)38-40(44)52-41(45)39(43)51-38)22-4-7-30-11-15-33(16-12-30)60-28-37(57)49-25-35-47-18-20-54(35)2;/h9-20,31H,3-8,21-28H2,1-2H3,(H6-,44,45,48,49,50,52,56,57,58);1H/t31-;/m0./s1. The first-order valence-corrected chi connectivity index (χ1v) is 20.5. The molecule has 1 saturated heterocycles. The number of ether oxygens (including phenoxy) is 2. The van der Waals surface area contributed by atoms with Crippen LogP contribution in [0.2, 0.25) is 5.15 Å². The van der Waals surface area contributed by atoms with Crippen molar-refractivity contribution < 1.29 is 40.7 Å². The molecule has 0 unspecified atom stereocenters. The summed E-state index contributed by atoms with van der Waals surface area (Å²) in [4.78, 5) is 54.5. The Bertz CT molecular complexity index is 2100. The smallest absolute Gasteiger partial charge is 0.274 e. The summed E-state index contributed by atoms with van der Waals surface area (Å²) in [5, 5.41) is 8.74. The molecular formula is C42H54Cl2N12O5. The lowest BCUT2D eigenvalue weighted by atomic mass is 9.99. The summed E-state index contributed by atoms with van der Waals surface area (Å²) in [6, 6.07) is 15.6. The van der Waals surface area contributed by atoms with Gasteiger partial charge in [-0.1, -0.05) is 35.9 Å². The highest BCUT2D eigenvalue weighted by atomic mass is 35.5. The average Bonchev–Trinajstić information content (AvgIpc) is 3.86. The number of benzene rings is 2. The summed E-state index contributed by atoms with van der Waals surface area (Å²) in [5.74, 6) is 1.82. The fourth-order valence-corrected chi connectivity index (χ4v) is 7.58. The van der Waals surface area contributed by atoms with Gasteiger partial charge in [0.2, 0.25) is 0 Å². The van der Waals surface area contributed by atoms with E-state index in [0.717, 1.165) is 80.8 Å². The maximum atomic E-state index is 13.3. The molecule has 0 spiro atoms. The van der Waals surface area contributed by atoms with E-state index in [2.05, 4.69) is 35.9 Å². The van der Waals surface area contributed by atoms with Crippen LogP contribution in [0.3, 0.4) is 0 Å². The summed E-state index contributed by atoms with van der Waals surface area (Å²) in [5.41, 5.74) is 14.0. The number of amides is 3. The van der Waals surface area contributed by atoms with Crippen LogP contribution in [0.4, 0.5) is 11.6 Å². The Morgan fingerprint density at radius 2 is 1.30 bits per heavy atom. The molecule has 0 saturated carbocycles. The number of imidazole rings is 2. The van der Waals surface area contributed by atoms with Crippen LogP contribution in [0, 0.1) is 0 Å². The number of nitrogen functional groups attached to an aromatic ring is 2. The number of nitrogens with two attached hydrogens (primary N) is 2. The number of anilines is 2. The Labute approximate surface area is 366 Å². The van der Waals surface area contributed by atoms with Gasteiger partial charge in [-0.25, -0.2) is 19.9 Å². The van der Waals surface area contributed by atoms with Crippen molar-refractivity contribution in [2.75, 3.05) is 50.9 Å². The number of quaternary nitrogens is 1. The zero-order valence-electron chi connectivity index (χ0n) is 34.5. The molecule has 326 valence electrons. The van der Waals surface area contributed by atoms with Crippen LogP contribution < -0.4 is 49.3 Å². The van der Waals surface area contributed by atoms with Gasteiger partial charge in [0.25, 0.3) is 17.7 Å². The fraction of sp³-hybridized carbons (Fsp3) is 0.405. The Hall–Kier alpha value is -5.91. The van der Waals surface area contributed by atoms with Gasteiger partial charge in [0, 0.05) is 51.7 Å². The van der Waals surface area contributed by atoms with Gasteiger partial charge >= 0.3 is 0 Å². The topological polar surface area (TPSA) is 219 Å². The van der Waals surface area contributed by atoms with E-state index in [9.17, 15) is 14.4 Å². The van der Waals surface area contributed by atoms with Crippen molar-refractivity contribution in [2.45, 2.75) is 57.7 Å². The Morgan fingerprint density at radius 1 is 0.787 bits per heavy atom. The molecule has 0 bridgehead atoms. The first kappa shape index (κ1) is 46.2. The van der Waals surface area contributed by atoms with Crippen molar-refractivity contribution in [3.8, 4) is 11.5 Å². The van der Waals surface area contributed by atoms with E-state index < -0.39 is 5.91 Å². The van der Waals surface area contributed by atoms with Crippen LogP contribution in [-0.4, -0.2) is 96.7 Å². The molecule has 0 radical (unpaired) electrons. The number of carbonyl (C=O) groups excluding carboxylic acids is 3. The predicted molar refractivity (Wildman–Crippen MR) is 227 cm³/mol. The van der Waals surface area contributed by atoms with Gasteiger partial charge < -0.3 is 62.9 Å². The summed E-state index contributed by atoms with van der Waals surface area (Å²) < 4.78 is 16.0. The third-order valence-electron chi connectivity index (χ3n) is 10.8. The van der Waals surface area contributed by atoms with E-state index in [-0.39, 0.29) is 66.0 Å². The number of hydrogen-bond acceptors (Lipinski definition) is 11. The first-order valence-electron chi connectivity index (χ1n) is 20.1. The zero-order valence-corrected chi connectivity index (χ0v) is 36.0. The molecule has 1 aliphatic rings. The molecule has 1 fully saturated rings. The number of likely N-dealkylation sites (tertiary alicyclic amines) is 1. The Balaban J connectivity index is 0.00000704. The second kappa shape index (κ2) is 22.1. The molecule has 1 aliphatic heterocycles. The van der Waals surface area contributed by atoms with Crippen LogP contribution in [0.5, 0.6) is 11.5 Å². The number of carbonyl (C=O) groups is 3. The van der Waals surface area contributed by atoms with E-state index in [1.54, 1.807) is 12.4 Å². The number of halogens is 2. The molecule has 7 N–H and O–H groups in total. The predicted octanol–water partition coefficient (Wildman–Crippen LogP) is 0.130. The van der Waals surface area contributed by atoms with Crippen LogP contribution >= 0.6 is 11.6 Å². The Morgan fingerprint density at radius 3 is 1.77 bits per heavy atom. The van der Waals surface area contributed by atoms with Gasteiger partial charge in [-0.05, 0) is 61.1 Å². The monoisotopic (exact) mass is 876 g/mol. The molecule has 0 aliphatic carbocycles. The van der Waals surface area contributed by atoms with Crippen molar-refractivity contribution in [2.24, 2.45) is 14.1 Å². The normalized spacial score (nSPS) is 14.4. The lowest BCUT2D eigenvalue weighted by Gasteiger charge is -2.45. The highest BCUT2D eigenvalue weighted by Gasteiger charge is 2.35. The van der Waals surface area contributed by atoms with Gasteiger partial charge in [0.05, 0.1) is 45.3 Å². The van der Waals surface area contributed by atoms with Gasteiger partial charge in [-0.2, -0.15) is 0 Å². The minimum Gasteiger partial charge on any atom is -1.00 e. The molecule has 5 aromatic rings. The molecule has 2 aromatic carbocycles. The summed E-state index contributed by atoms with van der Waals surface area (Å²) >= 11 is 6.08. The molecule has 61 heavy (non-hydrogen) atoms. The average molecular weight is 878 g/mol. The highest BCUT2D eigenvalue weighted by molar-refractivity contribution is 6.31. The van der Waals surface area contributed by atoms with E-state index in [1.165, 1.54) is 11.1 Å². The SMILES string of the molecule is Cn1ccnc1CNC(=O)COc1ccc(CCC[N+]2(CCCc3ccc(OCC(=O)NCc4nccn4C)cc3)CCC[C@H](NC(=O)c3nc(Cl)c(N)nc3N)C2)cc1.[Cl-]. The lowest BCUT2D eigenvalue weighted by molar-refractivity contribution is -0.933. The highest BCUT2D eigenvalue weighted by Crippen LogP contribution is 2.25. The summed E-state index contributed by atoms with van der Waals surface area (Å²) in [6.07, 6.45) is 12.4. The van der Waals surface area contributed by atoms with Crippen molar-refractivity contribution in [3.05, 3.63) is 107 Å². The zero-order chi connectivity index (χ0) is 42.5. The molecule has 19 heteroatoms. The van der Waals surface area contributed by atoms with Crippen molar-refractivity contribution in [1.29, 1.82) is 0 Å². The third kappa shape index (κ3) is 13.5. The van der Waals surface area contributed by atoms with E-state index in [4.69, 9.17) is 32.5 Å². The molecule has 17 nitrogen and oxygen atoms in total. The number of aryl methyl sites for hydroxylation is 4. The fourth-order valence-electron chi connectivity index (χ4n) is 7.45. The minimum absolute atomic E-state index is 0. The second-order valence-electron chi connectivity index (χ2n) is 15.2. The third-order valence-corrected chi connectivity index (χ3v) is 11.0. The quantitative estimate of drug-likeness (QED) is 0.0663. The number of rotatable bonds is 20. The van der Waals surface area contributed by atoms with Crippen LogP contribution in [0.15, 0.2) is 73.3 Å². The van der Waals surface area contributed by atoms with E-state index in [1.807, 2.05) is 84.2 Å².